The van der Waals surface area contributed by atoms with Crippen LogP contribution in [0.25, 0.3) is 10.2 Å². The number of ether oxygens (including phenoxy) is 2. The summed E-state index contributed by atoms with van der Waals surface area (Å²) in [6, 6.07) is 7.22. The molecule has 0 radical (unpaired) electrons. The highest BCUT2D eigenvalue weighted by Gasteiger charge is 2.31. The van der Waals surface area contributed by atoms with Crippen LogP contribution in [-0.4, -0.2) is 61.7 Å². The van der Waals surface area contributed by atoms with Gasteiger partial charge < -0.3 is 9.47 Å². The lowest BCUT2D eigenvalue weighted by atomic mass is 10.3. The second-order valence-electron chi connectivity index (χ2n) is 6.69. The highest BCUT2D eigenvalue weighted by molar-refractivity contribution is 7.22. The Morgan fingerprint density at radius 3 is 2.75 bits per heavy atom. The summed E-state index contributed by atoms with van der Waals surface area (Å²) in [6.45, 7) is 3.84. The van der Waals surface area contributed by atoms with E-state index in [9.17, 15) is 18.0 Å². The summed E-state index contributed by atoms with van der Waals surface area (Å²) in [5.74, 6) is -0.321. The summed E-state index contributed by atoms with van der Waals surface area (Å²) in [7, 11) is 0. The van der Waals surface area contributed by atoms with Gasteiger partial charge >= 0.3 is 12.4 Å². The quantitative estimate of drug-likeness (QED) is 0.505. The molecule has 4 rings (SSSR count). The van der Waals surface area contributed by atoms with E-state index in [1.807, 2.05) is 11.4 Å². The number of benzene rings is 1. The zero-order valence-corrected chi connectivity index (χ0v) is 19.1. The highest BCUT2D eigenvalue weighted by atomic mass is 35.5. The standard InChI is InChI=1S/C19H19F3N4O3S2.ClH/c20-19(21,22)29-13-3-4-14-15(12-13)31-18(23-14)26(6-5-25-7-9-28-10-8-25)17(27)24-16-2-1-11-30-16;/h1-4,11-12H,5-10H2,(H,24,27);1H. The Labute approximate surface area is 196 Å². The van der Waals surface area contributed by atoms with E-state index >= 15 is 0 Å². The molecule has 0 atom stereocenters. The Morgan fingerprint density at radius 1 is 1.28 bits per heavy atom. The van der Waals surface area contributed by atoms with Crippen molar-refractivity contribution in [3.05, 3.63) is 35.7 Å². The zero-order chi connectivity index (χ0) is 21.8. The van der Waals surface area contributed by atoms with Crippen LogP contribution in [0.4, 0.5) is 28.1 Å². The van der Waals surface area contributed by atoms with Crippen molar-refractivity contribution < 1.29 is 27.4 Å². The van der Waals surface area contributed by atoms with Gasteiger partial charge in [0.15, 0.2) is 5.13 Å². The van der Waals surface area contributed by atoms with Gasteiger partial charge in [-0.1, -0.05) is 11.3 Å². The van der Waals surface area contributed by atoms with E-state index in [0.717, 1.165) is 24.4 Å². The molecule has 0 unspecified atom stereocenters. The van der Waals surface area contributed by atoms with Crippen LogP contribution in [-0.2, 0) is 4.74 Å². The summed E-state index contributed by atoms with van der Waals surface area (Å²) in [5, 5.41) is 5.81. The molecule has 2 amide bonds. The fourth-order valence-corrected chi connectivity index (χ4v) is 4.70. The molecule has 1 fully saturated rings. The average Bonchev–Trinajstić information content (AvgIpc) is 3.37. The van der Waals surface area contributed by atoms with Gasteiger partial charge in [-0.3, -0.25) is 15.1 Å². The number of fused-ring (bicyclic) bond motifs is 1. The molecular weight excluding hydrogens is 489 g/mol. The molecule has 1 aliphatic rings. The number of halogens is 4. The average molecular weight is 509 g/mol. The number of urea groups is 1. The number of carbonyl (C=O) groups excluding carboxylic acids is 1. The van der Waals surface area contributed by atoms with Crippen LogP contribution >= 0.6 is 35.1 Å². The van der Waals surface area contributed by atoms with Crippen LogP contribution < -0.4 is 15.0 Å². The van der Waals surface area contributed by atoms with E-state index < -0.39 is 6.36 Å². The maximum Gasteiger partial charge on any atom is 0.573 e. The summed E-state index contributed by atoms with van der Waals surface area (Å²) < 4.78 is 47.4. The van der Waals surface area contributed by atoms with Crippen LogP contribution in [0, 0.1) is 0 Å². The Hall–Kier alpha value is -2.12. The summed E-state index contributed by atoms with van der Waals surface area (Å²) in [4.78, 5) is 21.2. The Kier molecular flexibility index (Phi) is 8.17. The lowest BCUT2D eigenvalue weighted by Crippen LogP contribution is -2.44. The van der Waals surface area contributed by atoms with Gasteiger partial charge in [0.05, 0.1) is 28.4 Å². The predicted octanol–water partition coefficient (Wildman–Crippen LogP) is 5.05. The Bertz CT molecular complexity index is 1030. The largest absolute Gasteiger partial charge is 0.573 e. The first-order chi connectivity index (χ1) is 14.9. The van der Waals surface area contributed by atoms with Gasteiger partial charge in [-0.25, -0.2) is 9.78 Å². The van der Waals surface area contributed by atoms with Crippen molar-refractivity contribution in [1.29, 1.82) is 0 Å². The number of morpholine rings is 1. The third-order valence-electron chi connectivity index (χ3n) is 4.55. The van der Waals surface area contributed by atoms with E-state index in [1.165, 1.54) is 34.4 Å². The zero-order valence-electron chi connectivity index (χ0n) is 16.6. The normalized spacial score (nSPS) is 14.7. The molecule has 2 aromatic heterocycles. The number of nitrogens with zero attached hydrogens (tertiary/aromatic N) is 3. The van der Waals surface area contributed by atoms with Crippen LogP contribution in [0.5, 0.6) is 5.75 Å². The third kappa shape index (κ3) is 6.45. The van der Waals surface area contributed by atoms with Crippen molar-refractivity contribution in [2.75, 3.05) is 49.6 Å². The lowest BCUT2D eigenvalue weighted by Gasteiger charge is -2.29. The van der Waals surface area contributed by atoms with Gasteiger partial charge in [-0.2, -0.15) is 0 Å². The smallest absolute Gasteiger partial charge is 0.406 e. The fourth-order valence-electron chi connectivity index (χ4n) is 3.08. The first-order valence-electron chi connectivity index (χ1n) is 9.46. The van der Waals surface area contributed by atoms with Crippen molar-refractivity contribution >= 4 is 61.5 Å². The number of anilines is 2. The monoisotopic (exact) mass is 508 g/mol. The van der Waals surface area contributed by atoms with E-state index in [2.05, 4.69) is 19.9 Å². The molecule has 1 N–H and O–H groups in total. The molecule has 1 saturated heterocycles. The number of carbonyl (C=O) groups is 1. The number of alkyl halides is 3. The van der Waals surface area contributed by atoms with Gasteiger partial charge in [0, 0.05) is 32.2 Å². The number of thiazole rings is 1. The minimum absolute atomic E-state index is 0. The highest BCUT2D eigenvalue weighted by Crippen LogP contribution is 2.33. The first-order valence-corrected chi connectivity index (χ1v) is 11.2. The SMILES string of the molecule is Cl.O=C(Nc1cccs1)N(CCN1CCOCC1)c1nc2ccc(OC(F)(F)F)cc2s1. The maximum absolute atomic E-state index is 13.0. The fraction of sp³-hybridized carbons (Fsp3) is 0.368. The Balaban J connectivity index is 0.00000289. The van der Waals surface area contributed by atoms with Crippen molar-refractivity contribution in [3.63, 3.8) is 0 Å². The van der Waals surface area contributed by atoms with Crippen molar-refractivity contribution in [1.82, 2.24) is 9.88 Å². The summed E-state index contributed by atoms with van der Waals surface area (Å²) in [6.07, 6.45) is -4.77. The molecule has 32 heavy (non-hydrogen) atoms. The second kappa shape index (κ2) is 10.7. The molecule has 13 heteroatoms. The second-order valence-corrected chi connectivity index (χ2v) is 8.64. The molecule has 0 bridgehead atoms. The van der Waals surface area contributed by atoms with Gasteiger partial charge in [0.25, 0.3) is 0 Å². The Morgan fingerprint density at radius 2 is 2.06 bits per heavy atom. The summed E-state index contributed by atoms with van der Waals surface area (Å²) in [5.41, 5.74) is 0.495. The molecule has 3 heterocycles. The summed E-state index contributed by atoms with van der Waals surface area (Å²) >= 11 is 2.54. The molecule has 174 valence electrons. The minimum Gasteiger partial charge on any atom is -0.406 e. The number of nitrogens with one attached hydrogen (secondary N) is 1. The molecule has 1 aliphatic heterocycles. The van der Waals surface area contributed by atoms with E-state index in [1.54, 1.807) is 6.07 Å². The van der Waals surface area contributed by atoms with Gasteiger partial charge in [-0.15, -0.1) is 36.9 Å². The number of amides is 2. The number of hydrogen-bond acceptors (Lipinski definition) is 7. The molecule has 7 nitrogen and oxygen atoms in total. The molecule has 3 aromatic rings. The molecular formula is C19H20ClF3N4O3S2. The van der Waals surface area contributed by atoms with E-state index in [0.29, 0.717) is 46.7 Å². The van der Waals surface area contributed by atoms with Crippen LogP contribution in [0.15, 0.2) is 35.7 Å². The molecule has 0 aliphatic carbocycles. The first kappa shape index (κ1) is 24.5. The number of rotatable bonds is 6. The van der Waals surface area contributed by atoms with Gasteiger partial charge in [0.2, 0.25) is 0 Å². The van der Waals surface area contributed by atoms with Gasteiger partial charge in [-0.05, 0) is 29.6 Å². The van der Waals surface area contributed by atoms with E-state index in [4.69, 9.17) is 4.74 Å². The van der Waals surface area contributed by atoms with Gasteiger partial charge in [0.1, 0.15) is 5.75 Å². The van der Waals surface area contributed by atoms with Crippen LogP contribution in [0.1, 0.15) is 0 Å². The maximum atomic E-state index is 13.0. The number of hydrogen-bond donors (Lipinski definition) is 1. The van der Waals surface area contributed by atoms with E-state index in [-0.39, 0.29) is 24.2 Å². The third-order valence-corrected chi connectivity index (χ3v) is 6.38. The molecule has 0 spiro atoms. The lowest BCUT2D eigenvalue weighted by molar-refractivity contribution is -0.274. The topological polar surface area (TPSA) is 66.9 Å². The number of thiophene rings is 1. The molecule has 1 aromatic carbocycles. The van der Waals surface area contributed by atoms with Crippen LogP contribution in [0.3, 0.4) is 0 Å². The van der Waals surface area contributed by atoms with Crippen molar-refractivity contribution in [2.45, 2.75) is 6.36 Å². The minimum atomic E-state index is -4.77. The van der Waals surface area contributed by atoms with Crippen LogP contribution in [0.2, 0.25) is 0 Å². The molecule has 0 saturated carbocycles. The van der Waals surface area contributed by atoms with Crippen molar-refractivity contribution in [2.24, 2.45) is 0 Å². The van der Waals surface area contributed by atoms with Crippen molar-refractivity contribution in [3.8, 4) is 5.75 Å². The number of aromatic nitrogens is 1. The predicted molar refractivity (Wildman–Crippen MR) is 121 cm³/mol.